The number of nitrogens with one attached hydrogen (secondary N) is 1. The monoisotopic (exact) mass is 456 g/mol. The topological polar surface area (TPSA) is 98.5 Å². The molecule has 1 N–H and O–H groups in total. The van der Waals surface area contributed by atoms with Gasteiger partial charge in [0.05, 0.1) is 11.5 Å². The molecule has 0 aliphatic rings. The molecule has 9 heteroatoms. The Morgan fingerprint density at radius 1 is 1.23 bits per heavy atom. The van der Waals surface area contributed by atoms with Crippen LogP contribution in [0.4, 0.5) is 10.7 Å². The number of carbonyl (C=O) groups is 2. The van der Waals surface area contributed by atoms with E-state index in [2.05, 4.69) is 5.32 Å². The number of thiophene rings is 1. The summed E-state index contributed by atoms with van der Waals surface area (Å²) in [6.45, 7) is 1.82. The van der Waals surface area contributed by atoms with Crippen molar-refractivity contribution >= 4 is 51.6 Å². The van der Waals surface area contributed by atoms with Crippen LogP contribution in [0.1, 0.15) is 22.8 Å². The van der Waals surface area contributed by atoms with E-state index in [0.717, 1.165) is 16.9 Å². The molecule has 3 aromatic rings. The van der Waals surface area contributed by atoms with Crippen molar-refractivity contribution in [3.63, 3.8) is 0 Å². The van der Waals surface area contributed by atoms with Crippen molar-refractivity contribution in [1.82, 2.24) is 0 Å². The lowest BCUT2D eigenvalue weighted by molar-refractivity contribution is -0.384. The highest BCUT2D eigenvalue weighted by molar-refractivity contribution is 7.15. The Balaban J connectivity index is 1.90. The summed E-state index contributed by atoms with van der Waals surface area (Å²) in [5.41, 5.74) is 1.76. The van der Waals surface area contributed by atoms with Gasteiger partial charge in [0.2, 0.25) is 5.91 Å². The van der Waals surface area contributed by atoms with Gasteiger partial charge in [-0.15, -0.1) is 11.3 Å². The summed E-state index contributed by atoms with van der Waals surface area (Å²) in [5, 5.41) is 16.3. The standard InChI is InChI=1S/C22H17ClN2O5S/c1-2-30-22(27)20-18(15-4-3-5-17(12-15)25(28)29)13-31-21(20)24-19(26)11-8-14-6-9-16(23)10-7-14/h3-13H,2H2,1H3,(H,24,26). The first kappa shape index (κ1) is 22.2. The molecule has 0 unspecified atom stereocenters. The third-order valence-electron chi connectivity index (χ3n) is 4.17. The number of hydrogen-bond acceptors (Lipinski definition) is 6. The molecule has 158 valence electrons. The number of nitro benzene ring substituents is 1. The number of esters is 1. The van der Waals surface area contributed by atoms with E-state index in [1.165, 1.54) is 24.3 Å². The van der Waals surface area contributed by atoms with Gasteiger partial charge >= 0.3 is 5.97 Å². The zero-order chi connectivity index (χ0) is 22.4. The number of benzene rings is 2. The Morgan fingerprint density at radius 3 is 2.65 bits per heavy atom. The Labute approximate surface area is 187 Å². The molecular formula is C22H17ClN2O5S. The van der Waals surface area contributed by atoms with E-state index in [-0.39, 0.29) is 17.9 Å². The molecule has 0 spiro atoms. The summed E-state index contributed by atoms with van der Waals surface area (Å²) in [6, 6.07) is 12.9. The maximum atomic E-state index is 12.6. The predicted octanol–water partition coefficient (Wildman–Crippen LogP) is 5.81. The Morgan fingerprint density at radius 2 is 1.97 bits per heavy atom. The van der Waals surface area contributed by atoms with Gasteiger partial charge in [-0.2, -0.15) is 0 Å². The maximum Gasteiger partial charge on any atom is 0.341 e. The van der Waals surface area contributed by atoms with Crippen molar-refractivity contribution in [1.29, 1.82) is 0 Å². The second kappa shape index (κ2) is 10.0. The molecule has 7 nitrogen and oxygen atoms in total. The summed E-state index contributed by atoms with van der Waals surface area (Å²) in [5.74, 6) is -1.06. The van der Waals surface area contributed by atoms with Crippen molar-refractivity contribution in [3.8, 4) is 11.1 Å². The average molecular weight is 457 g/mol. The number of nitro groups is 1. The number of nitrogens with zero attached hydrogens (tertiary/aromatic N) is 1. The van der Waals surface area contributed by atoms with Crippen LogP contribution in [0.25, 0.3) is 17.2 Å². The van der Waals surface area contributed by atoms with Crippen LogP contribution in [-0.4, -0.2) is 23.4 Å². The van der Waals surface area contributed by atoms with E-state index in [0.29, 0.717) is 21.2 Å². The molecule has 1 heterocycles. The Hall–Kier alpha value is -3.49. The van der Waals surface area contributed by atoms with E-state index in [4.69, 9.17) is 16.3 Å². The molecule has 1 aromatic heterocycles. The van der Waals surface area contributed by atoms with Gasteiger partial charge in [-0.05, 0) is 36.3 Å². The van der Waals surface area contributed by atoms with E-state index < -0.39 is 16.8 Å². The van der Waals surface area contributed by atoms with E-state index >= 15 is 0 Å². The molecule has 2 aromatic carbocycles. The number of hydrogen-bond donors (Lipinski definition) is 1. The number of ether oxygens (including phenoxy) is 1. The van der Waals surface area contributed by atoms with Crippen LogP contribution in [-0.2, 0) is 9.53 Å². The number of halogens is 1. The van der Waals surface area contributed by atoms with E-state index in [1.54, 1.807) is 48.7 Å². The van der Waals surface area contributed by atoms with Gasteiger partial charge in [-0.1, -0.05) is 35.9 Å². The fraction of sp³-hybridized carbons (Fsp3) is 0.0909. The zero-order valence-electron chi connectivity index (χ0n) is 16.3. The third kappa shape index (κ3) is 5.56. The zero-order valence-corrected chi connectivity index (χ0v) is 17.9. The van der Waals surface area contributed by atoms with Crippen LogP contribution in [0.15, 0.2) is 60.0 Å². The van der Waals surface area contributed by atoms with Gasteiger partial charge in [0.15, 0.2) is 0 Å². The average Bonchev–Trinajstić information content (AvgIpc) is 3.17. The summed E-state index contributed by atoms with van der Waals surface area (Å²) in [7, 11) is 0. The highest BCUT2D eigenvalue weighted by Crippen LogP contribution is 2.37. The molecule has 0 aliphatic heterocycles. The summed E-state index contributed by atoms with van der Waals surface area (Å²) in [4.78, 5) is 35.6. The number of rotatable bonds is 7. The minimum Gasteiger partial charge on any atom is -0.462 e. The first-order valence-corrected chi connectivity index (χ1v) is 10.4. The fourth-order valence-corrected chi connectivity index (χ4v) is 3.84. The van der Waals surface area contributed by atoms with Crippen LogP contribution in [0.3, 0.4) is 0 Å². The highest BCUT2D eigenvalue weighted by atomic mass is 35.5. The van der Waals surface area contributed by atoms with Gasteiger partial charge < -0.3 is 10.1 Å². The van der Waals surface area contributed by atoms with Gasteiger partial charge in [-0.3, -0.25) is 14.9 Å². The minimum atomic E-state index is -0.623. The smallest absolute Gasteiger partial charge is 0.341 e. The first-order chi connectivity index (χ1) is 14.9. The fourth-order valence-electron chi connectivity index (χ4n) is 2.75. The Bertz CT molecular complexity index is 1150. The number of carbonyl (C=O) groups excluding carboxylic acids is 2. The number of non-ortho nitro benzene ring substituents is 1. The minimum absolute atomic E-state index is 0.102. The highest BCUT2D eigenvalue weighted by Gasteiger charge is 2.23. The lowest BCUT2D eigenvalue weighted by atomic mass is 10.0. The van der Waals surface area contributed by atoms with Crippen LogP contribution < -0.4 is 5.32 Å². The number of amides is 1. The first-order valence-electron chi connectivity index (χ1n) is 9.17. The van der Waals surface area contributed by atoms with E-state index in [1.807, 2.05) is 0 Å². The molecule has 3 rings (SSSR count). The van der Waals surface area contributed by atoms with Gasteiger partial charge in [-0.25, -0.2) is 4.79 Å². The summed E-state index contributed by atoms with van der Waals surface area (Å²) in [6.07, 6.45) is 2.95. The summed E-state index contributed by atoms with van der Waals surface area (Å²) < 4.78 is 5.14. The molecule has 0 fully saturated rings. The molecule has 0 saturated heterocycles. The molecule has 0 aliphatic carbocycles. The third-order valence-corrected chi connectivity index (χ3v) is 5.32. The predicted molar refractivity (Wildman–Crippen MR) is 121 cm³/mol. The number of anilines is 1. The maximum absolute atomic E-state index is 12.6. The molecule has 1 amide bonds. The second-order valence-electron chi connectivity index (χ2n) is 6.26. The molecule has 0 radical (unpaired) electrons. The van der Waals surface area contributed by atoms with Gasteiger partial charge in [0.25, 0.3) is 5.69 Å². The van der Waals surface area contributed by atoms with Crippen LogP contribution >= 0.6 is 22.9 Å². The molecule has 0 bridgehead atoms. The van der Waals surface area contributed by atoms with Crippen molar-refractivity contribution in [3.05, 3.63) is 86.3 Å². The normalized spacial score (nSPS) is 10.8. The SMILES string of the molecule is CCOC(=O)c1c(-c2cccc([N+](=O)[O-])c2)csc1NC(=O)C=Cc1ccc(Cl)cc1. The second-order valence-corrected chi connectivity index (χ2v) is 7.57. The summed E-state index contributed by atoms with van der Waals surface area (Å²) >= 11 is 6.99. The molecule has 31 heavy (non-hydrogen) atoms. The van der Waals surface area contributed by atoms with Gasteiger partial charge in [0, 0.05) is 34.2 Å². The van der Waals surface area contributed by atoms with Crippen molar-refractivity contribution < 1.29 is 19.2 Å². The molecule has 0 saturated carbocycles. The van der Waals surface area contributed by atoms with Crippen molar-refractivity contribution in [2.75, 3.05) is 11.9 Å². The molecular weight excluding hydrogens is 440 g/mol. The van der Waals surface area contributed by atoms with Crippen LogP contribution in [0.5, 0.6) is 0 Å². The van der Waals surface area contributed by atoms with Crippen LogP contribution in [0.2, 0.25) is 5.02 Å². The van der Waals surface area contributed by atoms with Crippen molar-refractivity contribution in [2.45, 2.75) is 6.92 Å². The quantitative estimate of drug-likeness (QED) is 0.209. The van der Waals surface area contributed by atoms with E-state index in [9.17, 15) is 19.7 Å². The van der Waals surface area contributed by atoms with Crippen molar-refractivity contribution in [2.24, 2.45) is 0 Å². The largest absolute Gasteiger partial charge is 0.462 e. The lowest BCUT2D eigenvalue weighted by Crippen LogP contribution is -2.12. The van der Waals surface area contributed by atoms with Crippen LogP contribution in [0, 0.1) is 10.1 Å². The van der Waals surface area contributed by atoms with Gasteiger partial charge in [0.1, 0.15) is 10.6 Å². The molecule has 0 atom stereocenters. The Kier molecular flexibility index (Phi) is 7.17. The lowest BCUT2D eigenvalue weighted by Gasteiger charge is -2.08.